The first kappa shape index (κ1) is 15.5. The van der Waals surface area contributed by atoms with Gasteiger partial charge in [0.1, 0.15) is 0 Å². The van der Waals surface area contributed by atoms with Gasteiger partial charge in [-0.3, -0.25) is 0 Å². The summed E-state index contributed by atoms with van der Waals surface area (Å²) in [6.07, 6.45) is 3.31. The second kappa shape index (κ2) is 7.81. The van der Waals surface area contributed by atoms with E-state index >= 15 is 0 Å². The molecule has 2 rings (SSSR count). The fourth-order valence-electron chi connectivity index (χ4n) is 2.38. The molecule has 19 heavy (non-hydrogen) atoms. The van der Waals surface area contributed by atoms with Crippen LogP contribution in [-0.4, -0.2) is 33.5 Å². The molecule has 1 N–H and O–H groups in total. The number of thiophene rings is 1. The molecular weight excluding hydrogens is 305 g/mol. The van der Waals surface area contributed by atoms with Crippen molar-refractivity contribution in [1.29, 1.82) is 0 Å². The van der Waals surface area contributed by atoms with Crippen LogP contribution in [0, 0.1) is 0 Å². The summed E-state index contributed by atoms with van der Waals surface area (Å²) in [5, 5.41) is 3.51. The predicted molar refractivity (Wildman–Crippen MR) is 80.7 cm³/mol. The van der Waals surface area contributed by atoms with Crippen molar-refractivity contribution in [3.8, 4) is 0 Å². The van der Waals surface area contributed by atoms with E-state index in [-0.39, 0.29) is 0 Å². The van der Waals surface area contributed by atoms with E-state index in [0.717, 1.165) is 34.5 Å². The largest absolute Gasteiger partial charge is 0.382 e. The van der Waals surface area contributed by atoms with Gasteiger partial charge in [-0.1, -0.05) is 23.2 Å². The van der Waals surface area contributed by atoms with Crippen molar-refractivity contribution < 1.29 is 9.47 Å². The zero-order valence-corrected chi connectivity index (χ0v) is 13.3. The number of halogens is 2. The molecule has 1 aliphatic carbocycles. The highest BCUT2D eigenvalue weighted by Crippen LogP contribution is 2.44. The Hall–Kier alpha value is 0.160. The summed E-state index contributed by atoms with van der Waals surface area (Å²) < 4.78 is 12.1. The fourth-order valence-corrected chi connectivity index (χ4v) is 4.27. The van der Waals surface area contributed by atoms with Crippen LogP contribution in [0.3, 0.4) is 0 Å². The number of ether oxygens (including phenoxy) is 2. The maximum absolute atomic E-state index is 6.29. The first-order valence-corrected chi connectivity index (χ1v) is 8.08. The van der Waals surface area contributed by atoms with E-state index in [1.807, 2.05) is 0 Å². The number of rotatable bonds is 7. The molecule has 1 aromatic rings. The monoisotopic (exact) mass is 323 g/mol. The van der Waals surface area contributed by atoms with Crippen LogP contribution in [-0.2, 0) is 15.9 Å². The van der Waals surface area contributed by atoms with Crippen LogP contribution in [0.5, 0.6) is 0 Å². The summed E-state index contributed by atoms with van der Waals surface area (Å²) in [7, 11) is 1.67. The molecule has 0 spiro atoms. The van der Waals surface area contributed by atoms with Crippen LogP contribution in [0.15, 0.2) is 0 Å². The Labute approximate surface area is 128 Å². The topological polar surface area (TPSA) is 30.5 Å². The minimum absolute atomic E-state index is 0.311. The lowest BCUT2D eigenvalue weighted by molar-refractivity contribution is 0.0708. The summed E-state index contributed by atoms with van der Waals surface area (Å²) >= 11 is 14.0. The number of hydrogen-bond acceptors (Lipinski definition) is 4. The van der Waals surface area contributed by atoms with Gasteiger partial charge >= 0.3 is 0 Å². The Morgan fingerprint density at radius 3 is 2.89 bits per heavy atom. The molecular formula is C13H19Cl2NO2S. The first-order chi connectivity index (χ1) is 9.24. The summed E-state index contributed by atoms with van der Waals surface area (Å²) in [5.74, 6) is 0. The molecule has 0 bridgehead atoms. The van der Waals surface area contributed by atoms with Crippen molar-refractivity contribution in [3.05, 3.63) is 19.8 Å². The molecule has 0 aliphatic heterocycles. The van der Waals surface area contributed by atoms with E-state index in [9.17, 15) is 0 Å². The summed E-state index contributed by atoms with van der Waals surface area (Å²) in [6, 6.07) is 0.311. The van der Waals surface area contributed by atoms with E-state index in [0.29, 0.717) is 25.9 Å². The highest BCUT2D eigenvalue weighted by molar-refractivity contribution is 7.20. The van der Waals surface area contributed by atoms with Gasteiger partial charge in [0.15, 0.2) is 0 Å². The van der Waals surface area contributed by atoms with Crippen molar-refractivity contribution in [2.24, 2.45) is 0 Å². The van der Waals surface area contributed by atoms with Gasteiger partial charge in [-0.05, 0) is 24.8 Å². The molecule has 1 unspecified atom stereocenters. The number of fused-ring (bicyclic) bond motifs is 1. The summed E-state index contributed by atoms with van der Waals surface area (Å²) in [5.41, 5.74) is 2.44. The second-order valence-electron chi connectivity index (χ2n) is 4.55. The van der Waals surface area contributed by atoms with Crippen LogP contribution in [0.1, 0.15) is 30.0 Å². The van der Waals surface area contributed by atoms with E-state index in [1.165, 1.54) is 22.5 Å². The molecule has 1 aromatic heterocycles. The van der Waals surface area contributed by atoms with Crippen molar-refractivity contribution >= 4 is 34.5 Å². The normalized spacial score (nSPS) is 18.6. The first-order valence-electron chi connectivity index (χ1n) is 6.50. The SMILES string of the molecule is COCCOCCNC1CCCc2c(Cl)sc(Cl)c21. The van der Waals surface area contributed by atoms with Crippen LogP contribution < -0.4 is 5.32 Å². The molecule has 0 saturated heterocycles. The van der Waals surface area contributed by atoms with Gasteiger partial charge in [-0.15, -0.1) is 11.3 Å². The molecule has 0 saturated carbocycles. The van der Waals surface area contributed by atoms with Crippen molar-refractivity contribution in [2.45, 2.75) is 25.3 Å². The highest BCUT2D eigenvalue weighted by atomic mass is 35.5. The minimum Gasteiger partial charge on any atom is -0.382 e. The van der Waals surface area contributed by atoms with Crippen molar-refractivity contribution in [1.82, 2.24) is 5.32 Å². The third kappa shape index (κ3) is 4.06. The molecule has 3 nitrogen and oxygen atoms in total. The van der Waals surface area contributed by atoms with Crippen molar-refractivity contribution in [2.75, 3.05) is 33.5 Å². The summed E-state index contributed by atoms with van der Waals surface area (Å²) in [6.45, 7) is 2.78. The Morgan fingerprint density at radius 1 is 1.26 bits per heavy atom. The van der Waals surface area contributed by atoms with Gasteiger partial charge in [-0.25, -0.2) is 0 Å². The van der Waals surface area contributed by atoms with Gasteiger partial charge in [0.2, 0.25) is 0 Å². The van der Waals surface area contributed by atoms with Crippen LogP contribution >= 0.6 is 34.5 Å². The summed E-state index contributed by atoms with van der Waals surface area (Å²) in [4.78, 5) is 0. The number of methoxy groups -OCH3 is 1. The van der Waals surface area contributed by atoms with Crippen molar-refractivity contribution in [3.63, 3.8) is 0 Å². The molecule has 6 heteroatoms. The average molecular weight is 324 g/mol. The quantitative estimate of drug-likeness (QED) is 0.776. The number of nitrogens with one attached hydrogen (secondary N) is 1. The Morgan fingerprint density at radius 2 is 2.11 bits per heavy atom. The predicted octanol–water partition coefficient (Wildman–Crippen LogP) is 3.68. The van der Waals surface area contributed by atoms with Gasteiger partial charge < -0.3 is 14.8 Å². The molecule has 0 fully saturated rings. The molecule has 1 heterocycles. The number of hydrogen-bond donors (Lipinski definition) is 1. The van der Waals surface area contributed by atoms with Gasteiger partial charge in [0, 0.05) is 25.3 Å². The third-order valence-electron chi connectivity index (χ3n) is 3.29. The van der Waals surface area contributed by atoms with Crippen LogP contribution in [0.2, 0.25) is 8.67 Å². The minimum atomic E-state index is 0.311. The van der Waals surface area contributed by atoms with Crippen LogP contribution in [0.25, 0.3) is 0 Å². The average Bonchev–Trinajstić information content (AvgIpc) is 2.70. The lowest BCUT2D eigenvalue weighted by atomic mass is 9.91. The molecule has 1 aliphatic rings. The molecule has 0 amide bonds. The van der Waals surface area contributed by atoms with Gasteiger partial charge in [-0.2, -0.15) is 0 Å². The van der Waals surface area contributed by atoms with E-state index in [1.54, 1.807) is 7.11 Å². The maximum atomic E-state index is 6.29. The molecule has 0 radical (unpaired) electrons. The standard InChI is InChI=1S/C13H19Cl2NO2S/c1-17-7-8-18-6-5-16-10-4-2-3-9-11(10)13(15)19-12(9)14/h10,16H,2-8H2,1H3. The van der Waals surface area contributed by atoms with Gasteiger partial charge in [0.05, 0.1) is 28.5 Å². The zero-order chi connectivity index (χ0) is 13.7. The van der Waals surface area contributed by atoms with E-state index < -0.39 is 0 Å². The van der Waals surface area contributed by atoms with E-state index in [2.05, 4.69) is 5.32 Å². The maximum Gasteiger partial charge on any atom is 0.0994 e. The molecule has 1 atom stereocenters. The zero-order valence-electron chi connectivity index (χ0n) is 11.0. The molecule has 108 valence electrons. The Balaban J connectivity index is 1.83. The van der Waals surface area contributed by atoms with E-state index in [4.69, 9.17) is 32.7 Å². The Bertz CT molecular complexity index is 412. The smallest absolute Gasteiger partial charge is 0.0994 e. The molecule has 0 aromatic carbocycles. The van der Waals surface area contributed by atoms with Crippen LogP contribution in [0.4, 0.5) is 0 Å². The second-order valence-corrected chi connectivity index (χ2v) is 6.77. The fraction of sp³-hybridized carbons (Fsp3) is 0.692. The highest BCUT2D eigenvalue weighted by Gasteiger charge is 2.26. The lowest BCUT2D eigenvalue weighted by Crippen LogP contribution is -2.28. The van der Waals surface area contributed by atoms with Gasteiger partial charge in [0.25, 0.3) is 0 Å². The Kier molecular flexibility index (Phi) is 6.39. The third-order valence-corrected chi connectivity index (χ3v) is 5.01. The lowest BCUT2D eigenvalue weighted by Gasteiger charge is -2.24.